The Balaban J connectivity index is 1.92. The number of hydrogen-bond donors (Lipinski definition) is 1. The predicted molar refractivity (Wildman–Crippen MR) is 86.0 cm³/mol. The second-order valence-electron chi connectivity index (χ2n) is 6.07. The monoisotopic (exact) mass is 303 g/mol. The van der Waals surface area contributed by atoms with Crippen LogP contribution in [-0.4, -0.2) is 48.3 Å². The van der Waals surface area contributed by atoms with E-state index in [1.807, 2.05) is 49.2 Å². The molecule has 1 aromatic rings. The zero-order valence-corrected chi connectivity index (χ0v) is 13.4. The van der Waals surface area contributed by atoms with Gasteiger partial charge in [0, 0.05) is 13.6 Å². The Hall–Kier alpha value is -1.88. The van der Waals surface area contributed by atoms with Gasteiger partial charge >= 0.3 is 0 Å². The van der Waals surface area contributed by atoms with Crippen LogP contribution in [0, 0.1) is 5.92 Å². The summed E-state index contributed by atoms with van der Waals surface area (Å²) in [5, 5.41) is 0. The number of carbonyl (C=O) groups is 2. The highest BCUT2D eigenvalue weighted by Crippen LogP contribution is 2.20. The van der Waals surface area contributed by atoms with E-state index in [4.69, 9.17) is 5.73 Å². The van der Waals surface area contributed by atoms with E-state index < -0.39 is 0 Å². The van der Waals surface area contributed by atoms with Crippen molar-refractivity contribution in [2.75, 3.05) is 26.7 Å². The highest BCUT2D eigenvalue weighted by atomic mass is 16.2. The Morgan fingerprint density at radius 2 is 2.05 bits per heavy atom. The smallest absolute Gasteiger partial charge is 0.236 e. The van der Waals surface area contributed by atoms with Crippen LogP contribution in [0.15, 0.2) is 30.3 Å². The molecule has 0 aromatic heterocycles. The Bertz CT molecular complexity index is 518. The molecule has 120 valence electrons. The van der Waals surface area contributed by atoms with Crippen molar-refractivity contribution in [3.8, 4) is 0 Å². The van der Waals surface area contributed by atoms with Crippen molar-refractivity contribution in [3.05, 3.63) is 35.9 Å². The number of likely N-dealkylation sites (tertiary alicyclic amines) is 1. The summed E-state index contributed by atoms with van der Waals surface area (Å²) in [6, 6.07) is 10.0. The summed E-state index contributed by atoms with van der Waals surface area (Å²) in [6.07, 6.45) is 1.75. The molecule has 1 aromatic carbocycles. The molecule has 0 spiro atoms. The van der Waals surface area contributed by atoms with Gasteiger partial charge in [0.1, 0.15) is 0 Å². The normalized spacial score (nSPS) is 20.4. The van der Waals surface area contributed by atoms with Gasteiger partial charge in [-0.1, -0.05) is 30.3 Å². The first kappa shape index (κ1) is 16.5. The van der Waals surface area contributed by atoms with Gasteiger partial charge in [-0.3, -0.25) is 14.5 Å². The third kappa shape index (κ3) is 4.07. The van der Waals surface area contributed by atoms with E-state index in [2.05, 4.69) is 0 Å². The molecule has 5 heteroatoms. The van der Waals surface area contributed by atoms with E-state index >= 15 is 0 Å². The summed E-state index contributed by atoms with van der Waals surface area (Å²) in [7, 11) is 1.83. The van der Waals surface area contributed by atoms with Crippen molar-refractivity contribution in [1.82, 2.24) is 9.80 Å². The number of rotatable bonds is 5. The van der Waals surface area contributed by atoms with Crippen molar-refractivity contribution in [2.24, 2.45) is 11.7 Å². The van der Waals surface area contributed by atoms with Gasteiger partial charge in [-0.25, -0.2) is 0 Å². The van der Waals surface area contributed by atoms with Crippen LogP contribution >= 0.6 is 0 Å². The molecule has 5 nitrogen and oxygen atoms in total. The van der Waals surface area contributed by atoms with Crippen molar-refractivity contribution in [2.45, 2.75) is 25.8 Å². The molecule has 0 unspecified atom stereocenters. The Kier molecular flexibility index (Phi) is 5.55. The van der Waals surface area contributed by atoms with E-state index in [9.17, 15) is 9.59 Å². The number of likely N-dealkylation sites (N-methyl/N-ethyl adjacent to an activating group) is 1. The lowest BCUT2D eigenvalue weighted by Gasteiger charge is -2.33. The summed E-state index contributed by atoms with van der Waals surface area (Å²) in [5.41, 5.74) is 6.50. The number of carbonyl (C=O) groups excluding carboxylic acids is 2. The SMILES string of the molecule is C[C@@H](c1ccccc1)N(C)C(=O)CN1CCC[C@H](C(N)=O)C1. The standard InChI is InChI=1S/C17H25N3O2/c1-13(14-7-4-3-5-8-14)19(2)16(21)12-20-10-6-9-15(11-20)17(18)22/h3-5,7-8,13,15H,6,9-12H2,1-2H3,(H2,18,22)/t13-,15-/m0/s1. The molecular weight excluding hydrogens is 278 g/mol. The number of amides is 2. The average molecular weight is 303 g/mol. The first-order valence-corrected chi connectivity index (χ1v) is 7.81. The molecule has 2 amide bonds. The van der Waals surface area contributed by atoms with Gasteiger partial charge in [-0.05, 0) is 31.9 Å². The van der Waals surface area contributed by atoms with E-state index in [0.717, 1.165) is 24.9 Å². The van der Waals surface area contributed by atoms with Gasteiger partial charge in [-0.15, -0.1) is 0 Å². The molecule has 0 bridgehead atoms. The fraction of sp³-hybridized carbons (Fsp3) is 0.529. The molecule has 1 fully saturated rings. The fourth-order valence-electron chi connectivity index (χ4n) is 2.91. The van der Waals surface area contributed by atoms with Crippen molar-refractivity contribution < 1.29 is 9.59 Å². The average Bonchev–Trinajstić information content (AvgIpc) is 2.54. The summed E-state index contributed by atoms with van der Waals surface area (Å²) in [5.74, 6) is -0.317. The highest BCUT2D eigenvalue weighted by molar-refractivity contribution is 5.79. The molecule has 1 aliphatic rings. The topological polar surface area (TPSA) is 66.6 Å². The van der Waals surface area contributed by atoms with Gasteiger partial charge < -0.3 is 10.6 Å². The quantitative estimate of drug-likeness (QED) is 0.894. The molecule has 2 rings (SSSR count). The maximum Gasteiger partial charge on any atom is 0.236 e. The maximum atomic E-state index is 12.5. The van der Waals surface area contributed by atoms with Crippen molar-refractivity contribution in [1.29, 1.82) is 0 Å². The minimum Gasteiger partial charge on any atom is -0.369 e. The zero-order valence-electron chi connectivity index (χ0n) is 13.4. The van der Waals surface area contributed by atoms with E-state index in [1.54, 1.807) is 4.90 Å². The number of nitrogens with zero attached hydrogens (tertiary/aromatic N) is 2. The molecule has 1 aliphatic heterocycles. The third-order valence-corrected chi connectivity index (χ3v) is 4.52. The van der Waals surface area contributed by atoms with E-state index in [1.165, 1.54) is 0 Å². The van der Waals surface area contributed by atoms with Crippen LogP contribution < -0.4 is 5.73 Å². The number of piperidine rings is 1. The van der Waals surface area contributed by atoms with Crippen molar-refractivity contribution in [3.63, 3.8) is 0 Å². The molecular formula is C17H25N3O2. The van der Waals surface area contributed by atoms with Gasteiger partial charge in [0.15, 0.2) is 0 Å². The van der Waals surface area contributed by atoms with Crippen LogP contribution in [0.5, 0.6) is 0 Å². The number of nitrogens with two attached hydrogens (primary N) is 1. The Labute approximate surface area is 132 Å². The third-order valence-electron chi connectivity index (χ3n) is 4.52. The Morgan fingerprint density at radius 3 is 2.68 bits per heavy atom. The first-order chi connectivity index (χ1) is 10.5. The largest absolute Gasteiger partial charge is 0.369 e. The summed E-state index contributed by atoms with van der Waals surface area (Å²) in [6.45, 7) is 3.81. The lowest BCUT2D eigenvalue weighted by molar-refractivity contribution is -0.134. The molecule has 0 radical (unpaired) electrons. The van der Waals surface area contributed by atoms with Crippen LogP contribution in [0.1, 0.15) is 31.4 Å². The molecule has 1 heterocycles. The first-order valence-electron chi connectivity index (χ1n) is 7.81. The number of hydrogen-bond acceptors (Lipinski definition) is 3. The van der Waals surface area contributed by atoms with Crippen LogP contribution in [0.4, 0.5) is 0 Å². The molecule has 0 aliphatic carbocycles. The number of primary amides is 1. The Morgan fingerprint density at radius 1 is 1.36 bits per heavy atom. The van der Waals surface area contributed by atoms with E-state index in [-0.39, 0.29) is 23.8 Å². The number of benzene rings is 1. The second-order valence-corrected chi connectivity index (χ2v) is 6.07. The molecule has 2 atom stereocenters. The van der Waals surface area contributed by atoms with Crippen LogP contribution in [0.2, 0.25) is 0 Å². The molecule has 2 N–H and O–H groups in total. The minimum atomic E-state index is -0.261. The van der Waals surface area contributed by atoms with Crippen molar-refractivity contribution >= 4 is 11.8 Å². The maximum absolute atomic E-state index is 12.5. The summed E-state index contributed by atoms with van der Waals surface area (Å²) in [4.78, 5) is 27.6. The summed E-state index contributed by atoms with van der Waals surface area (Å²) >= 11 is 0. The minimum absolute atomic E-state index is 0.0328. The summed E-state index contributed by atoms with van der Waals surface area (Å²) < 4.78 is 0. The van der Waals surface area contributed by atoms with Crippen LogP contribution in [-0.2, 0) is 9.59 Å². The van der Waals surface area contributed by atoms with Crippen LogP contribution in [0.3, 0.4) is 0 Å². The second kappa shape index (κ2) is 7.40. The fourth-order valence-corrected chi connectivity index (χ4v) is 2.91. The molecule has 0 saturated carbocycles. The van der Waals surface area contributed by atoms with Gasteiger partial charge in [0.25, 0.3) is 0 Å². The van der Waals surface area contributed by atoms with Crippen LogP contribution in [0.25, 0.3) is 0 Å². The van der Waals surface area contributed by atoms with Gasteiger partial charge in [-0.2, -0.15) is 0 Å². The predicted octanol–water partition coefficient (Wildman–Crippen LogP) is 1.40. The van der Waals surface area contributed by atoms with Gasteiger partial charge in [0.05, 0.1) is 18.5 Å². The molecule has 22 heavy (non-hydrogen) atoms. The zero-order chi connectivity index (χ0) is 16.1. The molecule has 1 saturated heterocycles. The lowest BCUT2D eigenvalue weighted by atomic mass is 9.97. The highest BCUT2D eigenvalue weighted by Gasteiger charge is 2.26. The van der Waals surface area contributed by atoms with E-state index in [0.29, 0.717) is 13.1 Å². The lowest BCUT2D eigenvalue weighted by Crippen LogP contribution is -2.46. The van der Waals surface area contributed by atoms with Gasteiger partial charge in [0.2, 0.25) is 11.8 Å².